The number of benzene rings is 1. The quantitative estimate of drug-likeness (QED) is 0.567. The first kappa shape index (κ1) is 10.7. The van der Waals surface area contributed by atoms with Crippen molar-refractivity contribution in [1.29, 1.82) is 5.26 Å². The van der Waals surface area contributed by atoms with Gasteiger partial charge in [-0.25, -0.2) is 0 Å². The van der Waals surface area contributed by atoms with E-state index in [9.17, 15) is 0 Å². The van der Waals surface area contributed by atoms with Gasteiger partial charge in [0.05, 0.1) is 14.7 Å². The number of nitrogens with zero attached hydrogens (tertiary/aromatic N) is 1. The van der Waals surface area contributed by atoms with Crippen molar-refractivity contribution in [3.05, 3.63) is 53.3 Å². The summed E-state index contributed by atoms with van der Waals surface area (Å²) in [5.74, 6) is 0.752. The molecule has 0 amide bonds. The van der Waals surface area contributed by atoms with E-state index in [1.54, 1.807) is 10.8 Å². The van der Waals surface area contributed by atoms with E-state index in [-0.39, 0.29) is 9.80 Å². The molecule has 0 saturated heterocycles. The SMILES string of the molecule is CC1=C(C#N)C2=S(O1)SC(c1ccccc1)=C2. The van der Waals surface area contributed by atoms with Gasteiger partial charge in [-0.2, -0.15) is 5.26 Å². The summed E-state index contributed by atoms with van der Waals surface area (Å²) in [5.41, 5.74) is 1.89. The number of nitriles is 1. The Morgan fingerprint density at radius 1 is 1.29 bits per heavy atom. The van der Waals surface area contributed by atoms with E-state index in [1.807, 2.05) is 25.1 Å². The van der Waals surface area contributed by atoms with Crippen molar-refractivity contribution >= 4 is 30.4 Å². The summed E-state index contributed by atoms with van der Waals surface area (Å²) in [6, 6.07) is 12.4. The van der Waals surface area contributed by atoms with E-state index in [1.165, 1.54) is 10.5 Å². The molecule has 1 aromatic rings. The molecule has 2 aliphatic heterocycles. The molecule has 0 aromatic heterocycles. The van der Waals surface area contributed by atoms with Gasteiger partial charge in [0.1, 0.15) is 17.4 Å². The Morgan fingerprint density at radius 3 is 2.76 bits per heavy atom. The molecule has 1 unspecified atom stereocenters. The zero-order valence-electron chi connectivity index (χ0n) is 9.14. The fourth-order valence-corrected chi connectivity index (χ4v) is 5.46. The Hall–Kier alpha value is -1.44. The second-order valence-corrected chi connectivity index (χ2v) is 6.77. The third-order valence-corrected chi connectivity index (χ3v) is 6.08. The van der Waals surface area contributed by atoms with Crippen molar-refractivity contribution < 1.29 is 4.18 Å². The van der Waals surface area contributed by atoms with Crippen LogP contribution in [-0.2, 0) is 4.18 Å². The van der Waals surface area contributed by atoms with Crippen LogP contribution in [0.2, 0.25) is 0 Å². The van der Waals surface area contributed by atoms with E-state index < -0.39 is 0 Å². The maximum atomic E-state index is 9.10. The zero-order chi connectivity index (χ0) is 11.8. The van der Waals surface area contributed by atoms with Crippen molar-refractivity contribution in [1.82, 2.24) is 0 Å². The fraction of sp³-hybridized carbons (Fsp3) is 0.0769. The van der Waals surface area contributed by atoms with Crippen LogP contribution < -0.4 is 0 Å². The van der Waals surface area contributed by atoms with E-state index in [4.69, 9.17) is 9.44 Å². The number of rotatable bonds is 1. The van der Waals surface area contributed by atoms with Gasteiger partial charge in [0.2, 0.25) is 0 Å². The molecule has 2 nitrogen and oxygen atoms in total. The van der Waals surface area contributed by atoms with Crippen molar-refractivity contribution in [2.45, 2.75) is 6.92 Å². The average molecular weight is 259 g/mol. The van der Waals surface area contributed by atoms with Gasteiger partial charge in [0.25, 0.3) is 0 Å². The van der Waals surface area contributed by atoms with Crippen molar-refractivity contribution in [2.24, 2.45) is 0 Å². The van der Waals surface area contributed by atoms with E-state index in [2.05, 4.69) is 24.3 Å². The lowest BCUT2D eigenvalue weighted by Gasteiger charge is -2.05. The predicted octanol–water partition coefficient (Wildman–Crippen LogP) is 3.87. The van der Waals surface area contributed by atoms with Gasteiger partial charge in [-0.15, -0.1) is 0 Å². The van der Waals surface area contributed by atoms with Crippen LogP contribution in [0.5, 0.6) is 0 Å². The molecular formula is C13H9NOS2. The van der Waals surface area contributed by atoms with Gasteiger partial charge in [-0.05, 0) is 29.4 Å². The molecule has 0 fully saturated rings. The van der Waals surface area contributed by atoms with Crippen LogP contribution in [0.3, 0.4) is 0 Å². The molecule has 17 heavy (non-hydrogen) atoms. The molecule has 84 valence electrons. The summed E-state index contributed by atoms with van der Waals surface area (Å²) in [4.78, 5) is 2.22. The van der Waals surface area contributed by atoms with Crippen molar-refractivity contribution in [2.75, 3.05) is 0 Å². The third-order valence-electron chi connectivity index (χ3n) is 2.58. The van der Waals surface area contributed by atoms with Crippen LogP contribution >= 0.6 is 20.6 Å². The number of allylic oxidation sites excluding steroid dienone is 3. The lowest BCUT2D eigenvalue weighted by molar-refractivity contribution is 0.510. The molecule has 0 radical (unpaired) electrons. The highest BCUT2D eigenvalue weighted by molar-refractivity contribution is 8.86. The van der Waals surface area contributed by atoms with E-state index >= 15 is 0 Å². The summed E-state index contributed by atoms with van der Waals surface area (Å²) >= 11 is 0. The minimum Gasteiger partial charge on any atom is -0.426 e. The molecule has 0 saturated carbocycles. The van der Waals surface area contributed by atoms with Gasteiger partial charge < -0.3 is 4.18 Å². The van der Waals surface area contributed by atoms with E-state index in [0.29, 0.717) is 5.57 Å². The Balaban J connectivity index is 1.98. The third kappa shape index (κ3) is 1.72. The summed E-state index contributed by atoms with van der Waals surface area (Å²) < 4.78 is 5.70. The van der Waals surface area contributed by atoms with Gasteiger partial charge >= 0.3 is 0 Å². The highest BCUT2D eigenvalue weighted by Crippen LogP contribution is 2.54. The normalized spacial score (nSPS) is 22.0. The minimum absolute atomic E-state index is 0.314. The highest BCUT2D eigenvalue weighted by atomic mass is 33.1. The number of hydrogen-bond acceptors (Lipinski definition) is 3. The number of hydrogen-bond donors (Lipinski definition) is 0. The Bertz CT molecular complexity index is 621. The average Bonchev–Trinajstić information content (AvgIpc) is 2.86. The van der Waals surface area contributed by atoms with Gasteiger partial charge in [-0.3, -0.25) is 0 Å². The second-order valence-electron chi connectivity index (χ2n) is 3.68. The summed E-state index contributed by atoms with van der Waals surface area (Å²) in [5, 5.41) is 9.10. The van der Waals surface area contributed by atoms with Gasteiger partial charge in [0, 0.05) is 4.91 Å². The highest BCUT2D eigenvalue weighted by Gasteiger charge is 2.29. The Morgan fingerprint density at radius 2 is 2.06 bits per heavy atom. The standard InChI is InChI=1S/C13H9NOS2/c1-9-11(8-14)13-7-12(16-17(13)15-9)10-5-3-2-4-6-10/h2-7H,1H3. The Labute approximate surface area is 106 Å². The van der Waals surface area contributed by atoms with Crippen molar-refractivity contribution in [3.63, 3.8) is 0 Å². The molecule has 0 N–H and O–H groups in total. The molecule has 1 atom stereocenters. The zero-order valence-corrected chi connectivity index (χ0v) is 10.8. The maximum absolute atomic E-state index is 9.10. The largest absolute Gasteiger partial charge is 0.426 e. The van der Waals surface area contributed by atoms with Crippen LogP contribution in [0.25, 0.3) is 4.91 Å². The summed E-state index contributed by atoms with van der Waals surface area (Å²) in [6.45, 7) is 1.85. The smallest absolute Gasteiger partial charge is 0.130 e. The predicted molar refractivity (Wildman–Crippen MR) is 74.0 cm³/mol. The maximum Gasteiger partial charge on any atom is 0.130 e. The first-order valence-electron chi connectivity index (χ1n) is 5.16. The van der Waals surface area contributed by atoms with Crippen LogP contribution in [0, 0.1) is 11.3 Å². The molecule has 0 spiro atoms. The first-order chi connectivity index (χ1) is 8.29. The van der Waals surface area contributed by atoms with Crippen LogP contribution in [-0.4, -0.2) is 4.86 Å². The molecule has 0 bridgehead atoms. The minimum atomic E-state index is -0.314. The molecule has 1 aromatic carbocycles. The topological polar surface area (TPSA) is 33.0 Å². The molecule has 3 rings (SSSR count). The summed E-state index contributed by atoms with van der Waals surface area (Å²) in [6.07, 6.45) is 2.08. The molecule has 4 heteroatoms. The first-order valence-corrected chi connectivity index (χ1v) is 7.64. The van der Waals surface area contributed by atoms with Gasteiger partial charge in [-0.1, -0.05) is 30.3 Å². The van der Waals surface area contributed by atoms with E-state index in [0.717, 1.165) is 10.6 Å². The summed E-state index contributed by atoms with van der Waals surface area (Å²) in [7, 11) is 1.38. The van der Waals surface area contributed by atoms with Crippen molar-refractivity contribution in [3.8, 4) is 6.07 Å². The van der Waals surface area contributed by atoms with Gasteiger partial charge in [0.15, 0.2) is 0 Å². The Kier molecular flexibility index (Phi) is 2.58. The molecule has 2 heterocycles. The molecule has 2 aliphatic rings. The second kappa shape index (κ2) is 4.10. The lowest BCUT2D eigenvalue weighted by Crippen LogP contribution is -1.92. The molecule has 0 aliphatic carbocycles. The fourth-order valence-electron chi connectivity index (χ4n) is 1.73. The van der Waals surface area contributed by atoms with Crippen LogP contribution in [0.4, 0.5) is 0 Å². The molecular weight excluding hydrogens is 250 g/mol. The monoisotopic (exact) mass is 259 g/mol. The van der Waals surface area contributed by atoms with Crippen LogP contribution in [0.1, 0.15) is 12.5 Å². The lowest BCUT2D eigenvalue weighted by atomic mass is 10.1. The van der Waals surface area contributed by atoms with Crippen LogP contribution in [0.15, 0.2) is 47.7 Å².